The summed E-state index contributed by atoms with van der Waals surface area (Å²) in [5.41, 5.74) is -2.92. The minimum absolute atomic E-state index is 0.0197. The monoisotopic (exact) mass is 401 g/mol. The van der Waals surface area contributed by atoms with Crippen molar-refractivity contribution in [2.24, 2.45) is 0 Å². The number of rotatable bonds is 2. The molecule has 27 heavy (non-hydrogen) atoms. The summed E-state index contributed by atoms with van der Waals surface area (Å²) in [5, 5.41) is 2.53. The molecule has 150 valence electrons. The molecule has 2 rings (SSSR count). The number of amides is 2. The van der Waals surface area contributed by atoms with Crippen molar-refractivity contribution in [1.29, 1.82) is 0 Å². The third kappa shape index (κ3) is 5.95. The molecule has 2 heterocycles. The van der Waals surface area contributed by atoms with Gasteiger partial charge in [-0.2, -0.15) is 0 Å². The van der Waals surface area contributed by atoms with Crippen LogP contribution < -0.4 is 5.32 Å². The molecule has 0 saturated carbocycles. The highest BCUT2D eigenvalue weighted by Gasteiger charge is 2.50. The van der Waals surface area contributed by atoms with Gasteiger partial charge in [-0.15, -0.1) is 0 Å². The van der Waals surface area contributed by atoms with Crippen LogP contribution >= 0.6 is 11.6 Å². The van der Waals surface area contributed by atoms with Crippen molar-refractivity contribution in [2.45, 2.75) is 58.4 Å². The van der Waals surface area contributed by atoms with E-state index in [4.69, 9.17) is 21.1 Å². The van der Waals surface area contributed by atoms with E-state index in [-0.39, 0.29) is 29.6 Å². The zero-order valence-corrected chi connectivity index (χ0v) is 17.1. The Labute approximate surface area is 163 Å². The Morgan fingerprint density at radius 3 is 2.22 bits per heavy atom. The SMILES string of the molecule is CC(C)(C)OC(=O)Nc1cc(Cl)nc(C2(F)CN(C(=O)OC(C)(C)C)C2)c1. The quantitative estimate of drug-likeness (QED) is 0.738. The van der Waals surface area contributed by atoms with Crippen molar-refractivity contribution in [3.8, 4) is 0 Å². The van der Waals surface area contributed by atoms with Gasteiger partial charge in [-0.05, 0) is 53.7 Å². The molecular weight excluding hydrogens is 377 g/mol. The van der Waals surface area contributed by atoms with Crippen LogP contribution in [0.5, 0.6) is 0 Å². The minimum Gasteiger partial charge on any atom is -0.444 e. The number of carbonyl (C=O) groups excluding carboxylic acids is 2. The van der Waals surface area contributed by atoms with Crippen LogP contribution in [0.15, 0.2) is 12.1 Å². The van der Waals surface area contributed by atoms with Crippen molar-refractivity contribution < 1.29 is 23.5 Å². The number of nitrogens with one attached hydrogen (secondary N) is 1. The Morgan fingerprint density at radius 2 is 1.70 bits per heavy atom. The average Bonchev–Trinajstić information content (AvgIpc) is 2.38. The fourth-order valence-electron chi connectivity index (χ4n) is 2.40. The molecule has 0 radical (unpaired) electrons. The molecule has 1 N–H and O–H groups in total. The lowest BCUT2D eigenvalue weighted by molar-refractivity contribution is -0.0556. The first kappa shape index (κ1) is 21.2. The minimum atomic E-state index is -1.87. The lowest BCUT2D eigenvalue weighted by Gasteiger charge is -2.44. The predicted octanol–water partition coefficient (Wildman–Crippen LogP) is 4.50. The number of nitrogens with zero attached hydrogens (tertiary/aromatic N) is 2. The number of aromatic nitrogens is 1. The summed E-state index contributed by atoms with van der Waals surface area (Å²) < 4.78 is 25.5. The zero-order chi connectivity index (χ0) is 20.6. The van der Waals surface area contributed by atoms with Crippen LogP contribution in [0.4, 0.5) is 19.7 Å². The van der Waals surface area contributed by atoms with Gasteiger partial charge in [0.05, 0.1) is 18.8 Å². The van der Waals surface area contributed by atoms with Gasteiger partial charge in [-0.1, -0.05) is 11.6 Å². The van der Waals surface area contributed by atoms with Gasteiger partial charge < -0.3 is 14.4 Å². The topological polar surface area (TPSA) is 80.8 Å². The highest BCUT2D eigenvalue weighted by atomic mass is 35.5. The van der Waals surface area contributed by atoms with E-state index in [1.807, 2.05) is 0 Å². The largest absolute Gasteiger partial charge is 0.444 e. The predicted molar refractivity (Wildman–Crippen MR) is 99.7 cm³/mol. The first-order chi connectivity index (χ1) is 12.2. The summed E-state index contributed by atoms with van der Waals surface area (Å²) in [6, 6.07) is 2.77. The summed E-state index contributed by atoms with van der Waals surface area (Å²) in [6.45, 7) is 9.99. The van der Waals surface area contributed by atoms with E-state index in [1.165, 1.54) is 17.0 Å². The summed E-state index contributed by atoms with van der Waals surface area (Å²) >= 11 is 5.96. The Morgan fingerprint density at radius 1 is 1.15 bits per heavy atom. The van der Waals surface area contributed by atoms with Crippen LogP contribution in [0.2, 0.25) is 5.15 Å². The maximum Gasteiger partial charge on any atom is 0.412 e. The lowest BCUT2D eigenvalue weighted by atomic mass is 9.92. The first-order valence-corrected chi connectivity index (χ1v) is 8.90. The van der Waals surface area contributed by atoms with Gasteiger partial charge in [0.15, 0.2) is 5.67 Å². The van der Waals surface area contributed by atoms with Gasteiger partial charge in [0.25, 0.3) is 0 Å². The molecule has 7 nitrogen and oxygen atoms in total. The Balaban J connectivity index is 2.08. The molecule has 0 aliphatic carbocycles. The number of hydrogen-bond acceptors (Lipinski definition) is 5. The van der Waals surface area contributed by atoms with Crippen molar-refractivity contribution in [1.82, 2.24) is 9.88 Å². The third-order valence-corrected chi connectivity index (χ3v) is 3.63. The molecule has 1 aliphatic rings. The second-order valence-electron chi connectivity index (χ2n) is 8.49. The summed E-state index contributed by atoms with van der Waals surface area (Å²) in [6.07, 6.45) is -1.28. The molecule has 9 heteroatoms. The summed E-state index contributed by atoms with van der Waals surface area (Å²) in [5.74, 6) is 0. The number of hydrogen-bond donors (Lipinski definition) is 1. The van der Waals surface area contributed by atoms with Crippen LogP contribution in [-0.2, 0) is 15.1 Å². The third-order valence-electron chi connectivity index (χ3n) is 3.43. The van der Waals surface area contributed by atoms with E-state index in [1.54, 1.807) is 41.5 Å². The van der Waals surface area contributed by atoms with Gasteiger partial charge in [0.1, 0.15) is 16.4 Å². The van der Waals surface area contributed by atoms with E-state index in [9.17, 15) is 9.59 Å². The molecule has 1 fully saturated rings. The maximum absolute atomic E-state index is 15.1. The number of anilines is 1. The van der Waals surface area contributed by atoms with E-state index in [2.05, 4.69) is 10.3 Å². The molecule has 0 atom stereocenters. The van der Waals surface area contributed by atoms with Crippen LogP contribution in [0.1, 0.15) is 47.2 Å². The lowest BCUT2D eigenvalue weighted by Crippen LogP contribution is -2.60. The first-order valence-electron chi connectivity index (χ1n) is 8.52. The van der Waals surface area contributed by atoms with E-state index < -0.39 is 29.1 Å². The fourth-order valence-corrected chi connectivity index (χ4v) is 2.60. The molecule has 1 saturated heterocycles. The maximum atomic E-state index is 15.1. The standard InChI is InChI=1S/C18H25ClFN3O4/c1-16(2,3)26-14(24)21-11-7-12(22-13(19)8-11)18(20)9-23(10-18)15(25)27-17(4,5)6/h7-8H,9-10H2,1-6H3,(H,21,22,24). The Hall–Kier alpha value is -2.09. The number of likely N-dealkylation sites (tertiary alicyclic amines) is 1. The average molecular weight is 402 g/mol. The zero-order valence-electron chi connectivity index (χ0n) is 16.4. The molecule has 1 aliphatic heterocycles. The van der Waals surface area contributed by atoms with E-state index >= 15 is 4.39 Å². The Kier molecular flexibility index (Phi) is 5.61. The smallest absolute Gasteiger partial charge is 0.412 e. The summed E-state index contributed by atoms with van der Waals surface area (Å²) in [7, 11) is 0. The van der Waals surface area contributed by atoms with Gasteiger partial charge in [-0.3, -0.25) is 5.32 Å². The normalized spacial score (nSPS) is 16.4. The van der Waals surface area contributed by atoms with Gasteiger partial charge >= 0.3 is 12.2 Å². The summed E-state index contributed by atoms with van der Waals surface area (Å²) in [4.78, 5) is 29.1. The van der Waals surface area contributed by atoms with Crippen molar-refractivity contribution in [3.63, 3.8) is 0 Å². The number of alkyl halides is 1. The van der Waals surface area contributed by atoms with E-state index in [0.717, 1.165) is 0 Å². The molecular formula is C18H25ClFN3O4. The molecule has 1 aromatic heterocycles. The molecule has 2 amide bonds. The molecule has 1 aromatic rings. The number of halogens is 2. The van der Waals surface area contributed by atoms with Gasteiger partial charge in [-0.25, -0.2) is 19.0 Å². The van der Waals surface area contributed by atoms with E-state index in [0.29, 0.717) is 0 Å². The van der Waals surface area contributed by atoms with Gasteiger partial charge in [0, 0.05) is 5.69 Å². The van der Waals surface area contributed by atoms with Crippen molar-refractivity contribution in [3.05, 3.63) is 23.0 Å². The second-order valence-corrected chi connectivity index (χ2v) is 8.88. The fraction of sp³-hybridized carbons (Fsp3) is 0.611. The highest BCUT2D eigenvalue weighted by molar-refractivity contribution is 6.29. The highest BCUT2D eigenvalue weighted by Crippen LogP contribution is 2.37. The molecule has 0 aromatic carbocycles. The Bertz CT molecular complexity index is 737. The van der Waals surface area contributed by atoms with Crippen LogP contribution in [-0.4, -0.2) is 46.4 Å². The molecule has 0 spiro atoms. The number of ether oxygens (including phenoxy) is 2. The van der Waals surface area contributed by atoms with Crippen molar-refractivity contribution >= 4 is 29.5 Å². The van der Waals surface area contributed by atoms with Crippen LogP contribution in [0.3, 0.4) is 0 Å². The van der Waals surface area contributed by atoms with Crippen LogP contribution in [0, 0.1) is 0 Å². The second kappa shape index (κ2) is 7.14. The number of pyridine rings is 1. The molecule has 0 unspecified atom stereocenters. The molecule has 0 bridgehead atoms. The van der Waals surface area contributed by atoms with Crippen LogP contribution in [0.25, 0.3) is 0 Å². The van der Waals surface area contributed by atoms with Crippen molar-refractivity contribution in [2.75, 3.05) is 18.4 Å². The number of carbonyl (C=O) groups is 2. The van der Waals surface area contributed by atoms with Gasteiger partial charge in [0.2, 0.25) is 0 Å².